The van der Waals surface area contributed by atoms with E-state index in [2.05, 4.69) is 0 Å². The minimum absolute atomic E-state index is 0.00758. The van der Waals surface area contributed by atoms with E-state index in [1.165, 1.54) is 24.3 Å². The first-order chi connectivity index (χ1) is 8.97. The van der Waals surface area contributed by atoms with Crippen LogP contribution in [0.1, 0.15) is 5.56 Å². The molecule has 19 heavy (non-hydrogen) atoms. The highest BCUT2D eigenvalue weighted by molar-refractivity contribution is 6.37. The number of hydrogen-bond acceptors (Lipinski definition) is 2. The molecule has 0 aromatic heterocycles. The summed E-state index contributed by atoms with van der Waals surface area (Å²) in [5, 5.41) is 0.878. The molecule has 0 heterocycles. The van der Waals surface area contributed by atoms with Crippen LogP contribution >= 0.6 is 34.8 Å². The standard InChI is InChI=1S/C13H9Cl3FNO/c14-8-2-1-7(12(17)3-8)6-19-13-10(15)4-9(18)5-11(13)16/h1-5H,6,18H2. The van der Waals surface area contributed by atoms with Crippen LogP contribution in [0, 0.1) is 5.82 Å². The maximum Gasteiger partial charge on any atom is 0.157 e. The third-order valence-corrected chi connectivity index (χ3v) is 3.20. The molecule has 0 aliphatic carbocycles. The lowest BCUT2D eigenvalue weighted by Gasteiger charge is -2.11. The van der Waals surface area contributed by atoms with Crippen molar-refractivity contribution < 1.29 is 9.13 Å². The summed E-state index contributed by atoms with van der Waals surface area (Å²) in [7, 11) is 0. The van der Waals surface area contributed by atoms with E-state index in [-0.39, 0.29) is 22.4 Å². The Bertz CT molecular complexity index is 596. The van der Waals surface area contributed by atoms with E-state index in [0.29, 0.717) is 16.3 Å². The number of nitrogen functional groups attached to an aromatic ring is 1. The normalized spacial score (nSPS) is 10.5. The minimum atomic E-state index is -0.449. The molecule has 100 valence electrons. The highest BCUT2D eigenvalue weighted by atomic mass is 35.5. The van der Waals surface area contributed by atoms with Crippen LogP contribution in [0.15, 0.2) is 30.3 Å². The molecule has 0 saturated carbocycles. The van der Waals surface area contributed by atoms with Crippen molar-refractivity contribution in [1.82, 2.24) is 0 Å². The Morgan fingerprint density at radius 2 is 1.68 bits per heavy atom. The molecule has 0 aliphatic heterocycles. The fraction of sp³-hybridized carbons (Fsp3) is 0.0769. The van der Waals surface area contributed by atoms with Crippen LogP contribution in [-0.2, 0) is 6.61 Å². The third kappa shape index (κ3) is 3.44. The van der Waals surface area contributed by atoms with Gasteiger partial charge in [-0.3, -0.25) is 0 Å². The van der Waals surface area contributed by atoms with E-state index in [1.807, 2.05) is 0 Å². The van der Waals surface area contributed by atoms with Gasteiger partial charge in [-0.25, -0.2) is 4.39 Å². The second-order valence-electron chi connectivity index (χ2n) is 3.84. The van der Waals surface area contributed by atoms with Gasteiger partial charge in [-0.1, -0.05) is 40.9 Å². The van der Waals surface area contributed by atoms with Gasteiger partial charge in [0.25, 0.3) is 0 Å². The van der Waals surface area contributed by atoms with Gasteiger partial charge in [-0.15, -0.1) is 0 Å². The first-order valence-electron chi connectivity index (χ1n) is 5.28. The van der Waals surface area contributed by atoms with E-state index in [9.17, 15) is 4.39 Å². The first-order valence-corrected chi connectivity index (χ1v) is 6.42. The smallest absolute Gasteiger partial charge is 0.157 e. The van der Waals surface area contributed by atoms with Crippen LogP contribution in [0.25, 0.3) is 0 Å². The topological polar surface area (TPSA) is 35.2 Å². The van der Waals surface area contributed by atoms with Crippen molar-refractivity contribution >= 4 is 40.5 Å². The third-order valence-electron chi connectivity index (χ3n) is 2.41. The maximum atomic E-state index is 13.6. The monoisotopic (exact) mass is 319 g/mol. The van der Waals surface area contributed by atoms with E-state index >= 15 is 0 Å². The van der Waals surface area contributed by atoms with Crippen molar-refractivity contribution in [3.8, 4) is 5.75 Å². The van der Waals surface area contributed by atoms with Gasteiger partial charge in [0, 0.05) is 16.3 Å². The van der Waals surface area contributed by atoms with Crippen LogP contribution in [0.5, 0.6) is 5.75 Å². The van der Waals surface area contributed by atoms with Crippen LogP contribution in [0.4, 0.5) is 10.1 Å². The van der Waals surface area contributed by atoms with Gasteiger partial charge in [-0.05, 0) is 24.3 Å². The molecule has 0 spiro atoms. The predicted molar refractivity (Wildman–Crippen MR) is 76.6 cm³/mol. The lowest BCUT2D eigenvalue weighted by Crippen LogP contribution is -2.00. The largest absolute Gasteiger partial charge is 0.486 e. The number of halogens is 4. The van der Waals surface area contributed by atoms with Gasteiger partial charge < -0.3 is 10.5 Å². The number of anilines is 1. The molecule has 0 saturated heterocycles. The summed E-state index contributed by atoms with van der Waals surface area (Å²) in [5.41, 5.74) is 6.36. The number of hydrogen-bond donors (Lipinski definition) is 1. The first kappa shape index (κ1) is 14.3. The highest BCUT2D eigenvalue weighted by Gasteiger charge is 2.10. The molecule has 2 rings (SSSR count). The van der Waals surface area contributed by atoms with Crippen molar-refractivity contribution in [2.45, 2.75) is 6.61 Å². The molecule has 2 aromatic rings. The van der Waals surface area contributed by atoms with Crippen molar-refractivity contribution in [3.63, 3.8) is 0 Å². The summed E-state index contributed by atoms with van der Waals surface area (Å²) in [6.45, 7) is -0.00758. The van der Waals surface area contributed by atoms with E-state index < -0.39 is 5.82 Å². The summed E-state index contributed by atoms with van der Waals surface area (Å²) in [6, 6.07) is 7.36. The molecule has 0 radical (unpaired) electrons. The van der Waals surface area contributed by atoms with Gasteiger partial charge in [0.05, 0.1) is 10.0 Å². The quantitative estimate of drug-likeness (QED) is 0.812. The van der Waals surface area contributed by atoms with Gasteiger partial charge in [-0.2, -0.15) is 0 Å². The fourth-order valence-corrected chi connectivity index (χ4v) is 2.28. The molecule has 0 bridgehead atoms. The second-order valence-corrected chi connectivity index (χ2v) is 5.09. The molecule has 2 nitrogen and oxygen atoms in total. The Hall–Kier alpha value is -1.16. The Morgan fingerprint density at radius 1 is 1.05 bits per heavy atom. The van der Waals surface area contributed by atoms with Crippen LogP contribution in [-0.4, -0.2) is 0 Å². The van der Waals surface area contributed by atoms with Crippen LogP contribution in [0.2, 0.25) is 15.1 Å². The molecule has 0 atom stereocenters. The van der Waals surface area contributed by atoms with Gasteiger partial charge >= 0.3 is 0 Å². The highest BCUT2D eigenvalue weighted by Crippen LogP contribution is 2.35. The summed E-state index contributed by atoms with van der Waals surface area (Å²) >= 11 is 17.6. The molecular weight excluding hydrogens is 312 g/mol. The molecule has 2 aromatic carbocycles. The number of benzene rings is 2. The minimum Gasteiger partial charge on any atom is -0.486 e. The predicted octanol–water partition coefficient (Wildman–Crippen LogP) is 4.95. The summed E-state index contributed by atoms with van der Waals surface area (Å²) in [5.74, 6) is -0.179. The lowest BCUT2D eigenvalue weighted by molar-refractivity contribution is 0.300. The van der Waals surface area contributed by atoms with Gasteiger partial charge in [0.2, 0.25) is 0 Å². The summed E-state index contributed by atoms with van der Waals surface area (Å²) in [6.07, 6.45) is 0. The average molecular weight is 321 g/mol. The van der Waals surface area contributed by atoms with Gasteiger partial charge in [0.15, 0.2) is 5.75 Å². The Labute approximate surface area is 124 Å². The zero-order valence-electron chi connectivity index (χ0n) is 9.59. The van der Waals surface area contributed by atoms with Crippen molar-refractivity contribution in [2.24, 2.45) is 0 Å². The molecule has 0 aliphatic rings. The number of rotatable bonds is 3. The maximum absolute atomic E-state index is 13.6. The summed E-state index contributed by atoms with van der Waals surface area (Å²) in [4.78, 5) is 0. The van der Waals surface area contributed by atoms with E-state index in [0.717, 1.165) is 0 Å². The molecule has 0 fully saturated rings. The zero-order valence-corrected chi connectivity index (χ0v) is 11.9. The van der Waals surface area contributed by atoms with E-state index in [4.69, 9.17) is 45.3 Å². The second kappa shape index (κ2) is 5.87. The van der Waals surface area contributed by atoms with Gasteiger partial charge in [0.1, 0.15) is 12.4 Å². The molecule has 6 heteroatoms. The van der Waals surface area contributed by atoms with Crippen LogP contribution in [0.3, 0.4) is 0 Å². The molecule has 0 amide bonds. The Balaban J connectivity index is 2.19. The number of ether oxygens (including phenoxy) is 1. The Morgan fingerprint density at radius 3 is 2.26 bits per heavy atom. The zero-order chi connectivity index (χ0) is 14.0. The van der Waals surface area contributed by atoms with Crippen LogP contribution < -0.4 is 10.5 Å². The Kier molecular flexibility index (Phi) is 4.40. The van der Waals surface area contributed by atoms with Crippen molar-refractivity contribution in [3.05, 3.63) is 56.8 Å². The average Bonchev–Trinajstić information content (AvgIpc) is 2.30. The SMILES string of the molecule is Nc1cc(Cl)c(OCc2ccc(Cl)cc2F)c(Cl)c1. The van der Waals surface area contributed by atoms with E-state index in [1.54, 1.807) is 6.07 Å². The number of nitrogens with two attached hydrogens (primary N) is 1. The summed E-state index contributed by atoms with van der Waals surface area (Å²) < 4.78 is 19.0. The lowest BCUT2D eigenvalue weighted by atomic mass is 10.2. The van der Waals surface area contributed by atoms with Crippen molar-refractivity contribution in [2.75, 3.05) is 5.73 Å². The fourth-order valence-electron chi connectivity index (χ4n) is 1.51. The molecule has 2 N–H and O–H groups in total. The van der Waals surface area contributed by atoms with Crippen molar-refractivity contribution in [1.29, 1.82) is 0 Å². The molecular formula is C13H9Cl3FNO. The molecule has 0 unspecified atom stereocenters.